The van der Waals surface area contributed by atoms with Gasteiger partial charge in [-0.1, -0.05) is 36.4 Å². The third kappa shape index (κ3) is 4.19. The first-order valence-electron chi connectivity index (χ1n) is 10.6. The number of hydrogen-bond donors (Lipinski definition) is 0. The Morgan fingerprint density at radius 2 is 1.56 bits per heavy atom. The Kier molecular flexibility index (Phi) is 5.77. The Bertz CT molecular complexity index is 1180. The van der Waals surface area contributed by atoms with Crippen molar-refractivity contribution in [1.82, 2.24) is 14.3 Å². The smallest absolute Gasteiger partial charge is 0.243 e. The van der Waals surface area contributed by atoms with Crippen LogP contribution in [0.2, 0.25) is 0 Å². The Morgan fingerprint density at radius 3 is 2.28 bits per heavy atom. The second-order valence-electron chi connectivity index (χ2n) is 7.67. The van der Waals surface area contributed by atoms with Gasteiger partial charge in [0.15, 0.2) is 0 Å². The highest BCUT2D eigenvalue weighted by atomic mass is 32.2. The van der Waals surface area contributed by atoms with E-state index in [9.17, 15) is 8.42 Å². The average molecular weight is 453 g/mol. The Morgan fingerprint density at radius 1 is 0.875 bits per heavy atom. The predicted molar refractivity (Wildman–Crippen MR) is 119 cm³/mol. The van der Waals surface area contributed by atoms with Crippen LogP contribution in [0, 0.1) is 0 Å². The first-order valence-corrected chi connectivity index (χ1v) is 12.1. The number of anilines is 1. The van der Waals surface area contributed by atoms with Crippen molar-refractivity contribution in [3.05, 3.63) is 71.9 Å². The summed E-state index contributed by atoms with van der Waals surface area (Å²) >= 11 is 0. The molecule has 2 aromatic carbocycles. The van der Waals surface area contributed by atoms with Crippen molar-refractivity contribution in [3.63, 3.8) is 0 Å². The second-order valence-corrected chi connectivity index (χ2v) is 9.61. The molecule has 9 heteroatoms. The molecular weight excluding hydrogens is 428 g/mol. The molecule has 2 aliphatic rings. The summed E-state index contributed by atoms with van der Waals surface area (Å²) in [7, 11) is -3.63. The summed E-state index contributed by atoms with van der Waals surface area (Å²) in [5, 5.41) is 0. The van der Waals surface area contributed by atoms with E-state index in [1.165, 1.54) is 4.31 Å². The van der Waals surface area contributed by atoms with Gasteiger partial charge in [-0.3, -0.25) is 0 Å². The Labute approximate surface area is 187 Å². The van der Waals surface area contributed by atoms with Gasteiger partial charge in [0, 0.05) is 32.6 Å². The number of aromatic nitrogens is 2. The fourth-order valence-corrected chi connectivity index (χ4v) is 5.31. The number of sulfonamides is 1. The van der Waals surface area contributed by atoms with Crippen LogP contribution in [0.4, 0.5) is 5.95 Å². The van der Waals surface area contributed by atoms with Gasteiger partial charge in [-0.2, -0.15) is 9.29 Å². The van der Waals surface area contributed by atoms with Crippen LogP contribution in [0.1, 0.15) is 11.3 Å². The van der Waals surface area contributed by atoms with Crippen molar-refractivity contribution < 1.29 is 17.9 Å². The molecule has 3 aromatic rings. The summed E-state index contributed by atoms with van der Waals surface area (Å²) in [5.74, 6) is 1.64. The zero-order valence-corrected chi connectivity index (χ0v) is 18.4. The molecular formula is C23H24N4O4S. The van der Waals surface area contributed by atoms with E-state index < -0.39 is 10.0 Å². The fraction of sp³-hybridized carbons (Fsp3) is 0.304. The lowest BCUT2D eigenvalue weighted by Crippen LogP contribution is -2.39. The summed E-state index contributed by atoms with van der Waals surface area (Å²) in [6.07, 6.45) is 0.492. The van der Waals surface area contributed by atoms with Crippen LogP contribution in [-0.4, -0.2) is 55.5 Å². The Balaban J connectivity index is 1.52. The van der Waals surface area contributed by atoms with Gasteiger partial charge in [0.2, 0.25) is 21.9 Å². The van der Waals surface area contributed by atoms with Gasteiger partial charge < -0.3 is 14.4 Å². The number of morpholine rings is 1. The largest absolute Gasteiger partial charge is 0.439 e. The number of benzene rings is 2. The molecule has 0 unspecified atom stereocenters. The van der Waals surface area contributed by atoms with E-state index in [0.29, 0.717) is 62.4 Å². The molecule has 3 heterocycles. The number of fused-ring (bicyclic) bond motifs is 1. The highest BCUT2D eigenvalue weighted by Gasteiger charge is 2.32. The number of rotatable bonds is 5. The van der Waals surface area contributed by atoms with E-state index in [-0.39, 0.29) is 11.4 Å². The molecule has 1 fully saturated rings. The standard InChI is InChI=1S/C23H24N4O4S/c28-32(29,19-9-5-2-6-10-19)27-12-11-21-20(17-27)22(31-18-7-3-1-4-8-18)25-23(24-21)26-13-15-30-16-14-26/h1-10H,11-17H2. The molecule has 0 bridgehead atoms. The molecule has 0 spiro atoms. The number of ether oxygens (including phenoxy) is 2. The molecule has 8 nitrogen and oxygen atoms in total. The van der Waals surface area contributed by atoms with Crippen LogP contribution in [0.25, 0.3) is 0 Å². The third-order valence-electron chi connectivity index (χ3n) is 5.61. The molecule has 1 aromatic heterocycles. The maximum Gasteiger partial charge on any atom is 0.243 e. The molecule has 32 heavy (non-hydrogen) atoms. The second kappa shape index (κ2) is 8.85. The normalized spacial score (nSPS) is 17.1. The van der Waals surface area contributed by atoms with Crippen molar-refractivity contribution in [2.75, 3.05) is 37.7 Å². The van der Waals surface area contributed by atoms with Gasteiger partial charge >= 0.3 is 0 Å². The van der Waals surface area contributed by atoms with E-state index in [2.05, 4.69) is 4.90 Å². The minimum atomic E-state index is -3.63. The van der Waals surface area contributed by atoms with E-state index in [4.69, 9.17) is 19.4 Å². The maximum absolute atomic E-state index is 13.2. The molecule has 0 amide bonds. The topological polar surface area (TPSA) is 84.9 Å². The van der Waals surface area contributed by atoms with E-state index >= 15 is 0 Å². The molecule has 0 atom stereocenters. The highest BCUT2D eigenvalue weighted by molar-refractivity contribution is 7.89. The Hall–Kier alpha value is -3.01. The van der Waals surface area contributed by atoms with Crippen molar-refractivity contribution in [2.45, 2.75) is 17.9 Å². The van der Waals surface area contributed by atoms with Gasteiger partial charge in [-0.25, -0.2) is 13.4 Å². The molecule has 5 rings (SSSR count). The molecule has 166 valence electrons. The molecule has 1 saturated heterocycles. The number of para-hydroxylation sites is 1. The van der Waals surface area contributed by atoms with Crippen molar-refractivity contribution in [1.29, 1.82) is 0 Å². The van der Waals surface area contributed by atoms with Gasteiger partial charge in [-0.15, -0.1) is 0 Å². The van der Waals surface area contributed by atoms with Crippen LogP contribution >= 0.6 is 0 Å². The lowest BCUT2D eigenvalue weighted by molar-refractivity contribution is 0.122. The van der Waals surface area contributed by atoms with E-state index in [1.54, 1.807) is 30.3 Å². The summed E-state index contributed by atoms with van der Waals surface area (Å²) in [5.41, 5.74) is 1.53. The van der Waals surface area contributed by atoms with Gasteiger partial charge in [0.25, 0.3) is 0 Å². The van der Waals surface area contributed by atoms with Gasteiger partial charge in [0.05, 0.1) is 29.4 Å². The summed E-state index contributed by atoms with van der Waals surface area (Å²) in [6.45, 7) is 3.18. The number of nitrogens with zero attached hydrogens (tertiary/aromatic N) is 4. The first-order chi connectivity index (χ1) is 15.6. The van der Waals surface area contributed by atoms with Crippen molar-refractivity contribution in [2.24, 2.45) is 0 Å². The minimum absolute atomic E-state index is 0.165. The maximum atomic E-state index is 13.2. The summed E-state index contributed by atoms with van der Waals surface area (Å²) < 4.78 is 39.5. The van der Waals surface area contributed by atoms with E-state index in [1.807, 2.05) is 30.3 Å². The summed E-state index contributed by atoms with van der Waals surface area (Å²) in [6, 6.07) is 17.9. The van der Waals surface area contributed by atoms with E-state index in [0.717, 1.165) is 5.69 Å². The molecule has 0 saturated carbocycles. The minimum Gasteiger partial charge on any atom is -0.439 e. The first kappa shape index (κ1) is 20.9. The van der Waals surface area contributed by atoms with Crippen LogP contribution in [0.3, 0.4) is 0 Å². The monoisotopic (exact) mass is 452 g/mol. The van der Waals surface area contributed by atoms with Crippen LogP contribution < -0.4 is 9.64 Å². The molecule has 2 aliphatic heterocycles. The zero-order valence-electron chi connectivity index (χ0n) is 17.6. The van der Waals surface area contributed by atoms with Gasteiger partial charge in [0.1, 0.15) is 5.75 Å². The molecule has 0 radical (unpaired) electrons. The lowest BCUT2D eigenvalue weighted by Gasteiger charge is -2.31. The lowest BCUT2D eigenvalue weighted by atomic mass is 10.1. The SMILES string of the molecule is O=S(=O)(c1ccccc1)N1CCc2nc(N3CCOCC3)nc(Oc3ccccc3)c2C1. The van der Waals surface area contributed by atoms with Crippen molar-refractivity contribution in [3.8, 4) is 11.6 Å². The molecule has 0 aliphatic carbocycles. The van der Waals surface area contributed by atoms with Crippen LogP contribution in [-0.2, 0) is 27.7 Å². The predicted octanol–water partition coefficient (Wildman–Crippen LogP) is 2.85. The van der Waals surface area contributed by atoms with Crippen molar-refractivity contribution >= 4 is 16.0 Å². The third-order valence-corrected chi connectivity index (χ3v) is 7.47. The average Bonchev–Trinajstić information content (AvgIpc) is 2.85. The van der Waals surface area contributed by atoms with Crippen LogP contribution in [0.15, 0.2) is 65.6 Å². The molecule has 0 N–H and O–H groups in total. The quantitative estimate of drug-likeness (QED) is 0.588. The van der Waals surface area contributed by atoms with Gasteiger partial charge in [-0.05, 0) is 24.3 Å². The highest BCUT2D eigenvalue weighted by Crippen LogP contribution is 2.33. The zero-order chi connectivity index (χ0) is 22.0. The van der Waals surface area contributed by atoms with Crippen LogP contribution in [0.5, 0.6) is 11.6 Å². The number of hydrogen-bond acceptors (Lipinski definition) is 7. The fourth-order valence-electron chi connectivity index (χ4n) is 3.88. The summed E-state index contributed by atoms with van der Waals surface area (Å²) in [4.78, 5) is 11.9.